The van der Waals surface area contributed by atoms with Crippen LogP contribution in [0.3, 0.4) is 0 Å². The molecule has 1 atom stereocenters. The molecule has 30 heavy (non-hydrogen) atoms. The van der Waals surface area contributed by atoms with Gasteiger partial charge in [-0.1, -0.05) is 36.4 Å². The van der Waals surface area contributed by atoms with Crippen LogP contribution in [0.25, 0.3) is 0 Å². The standard InChI is InChI=1S/C24H30N4O2/c1-16(12-25)13-28(14-21(29)26-23-17(2)8-6-9-18(23)3)15-22(30)27-24-19(4)10-7-11-20(24)5/h6-11,16H,13-15H2,1-5H3,(H,26,29)(H,27,30)/p+1/t16-/m1/s1. The van der Waals surface area contributed by atoms with Crippen LogP contribution in [0.1, 0.15) is 29.2 Å². The third kappa shape index (κ3) is 6.43. The summed E-state index contributed by atoms with van der Waals surface area (Å²) < 4.78 is 0. The summed E-state index contributed by atoms with van der Waals surface area (Å²) in [6.45, 7) is 10.2. The number of amides is 2. The number of hydrogen-bond acceptors (Lipinski definition) is 3. The molecule has 158 valence electrons. The van der Waals surface area contributed by atoms with Gasteiger partial charge in [-0.25, -0.2) is 0 Å². The number of carbonyl (C=O) groups excluding carboxylic acids is 2. The minimum Gasteiger partial charge on any atom is -0.321 e. The molecule has 0 aliphatic carbocycles. The second-order valence-corrected chi connectivity index (χ2v) is 7.97. The van der Waals surface area contributed by atoms with Crippen molar-refractivity contribution in [2.45, 2.75) is 34.6 Å². The summed E-state index contributed by atoms with van der Waals surface area (Å²) in [5.41, 5.74) is 5.56. The number of carbonyl (C=O) groups is 2. The van der Waals surface area contributed by atoms with Crippen LogP contribution in [0.5, 0.6) is 0 Å². The van der Waals surface area contributed by atoms with Crippen molar-refractivity contribution in [2.75, 3.05) is 30.3 Å². The normalized spacial score (nSPS) is 11.6. The van der Waals surface area contributed by atoms with Gasteiger partial charge in [-0.05, 0) is 56.9 Å². The summed E-state index contributed by atoms with van der Waals surface area (Å²) in [5.74, 6) is -0.610. The Kier molecular flexibility index (Phi) is 8.14. The van der Waals surface area contributed by atoms with Gasteiger partial charge in [-0.2, -0.15) is 5.26 Å². The van der Waals surface area contributed by atoms with E-state index in [-0.39, 0.29) is 30.8 Å². The Labute approximate surface area is 178 Å². The lowest BCUT2D eigenvalue weighted by Crippen LogP contribution is -3.14. The Morgan fingerprint density at radius 1 is 0.867 bits per heavy atom. The Morgan fingerprint density at radius 2 is 1.23 bits per heavy atom. The minimum atomic E-state index is -0.263. The second kappa shape index (κ2) is 10.6. The molecule has 0 unspecified atom stereocenters. The van der Waals surface area contributed by atoms with Crippen molar-refractivity contribution < 1.29 is 14.5 Å². The van der Waals surface area contributed by atoms with Crippen molar-refractivity contribution in [1.29, 1.82) is 5.26 Å². The lowest BCUT2D eigenvalue weighted by Gasteiger charge is -2.21. The quantitative estimate of drug-likeness (QED) is 0.629. The number of anilines is 2. The minimum absolute atomic E-state index is 0.111. The molecule has 0 aliphatic heterocycles. The molecule has 0 bridgehead atoms. The lowest BCUT2D eigenvalue weighted by atomic mass is 10.1. The van der Waals surface area contributed by atoms with E-state index in [2.05, 4.69) is 16.7 Å². The lowest BCUT2D eigenvalue weighted by molar-refractivity contribution is -0.885. The van der Waals surface area contributed by atoms with E-state index in [1.54, 1.807) is 6.92 Å². The molecular formula is C24H31N4O2+. The molecular weight excluding hydrogens is 376 g/mol. The van der Waals surface area contributed by atoms with Gasteiger partial charge >= 0.3 is 0 Å². The predicted molar refractivity (Wildman–Crippen MR) is 119 cm³/mol. The Hall–Kier alpha value is -3.17. The zero-order chi connectivity index (χ0) is 22.3. The van der Waals surface area contributed by atoms with Gasteiger partial charge in [0.1, 0.15) is 0 Å². The summed E-state index contributed by atoms with van der Waals surface area (Å²) in [7, 11) is 0. The van der Waals surface area contributed by atoms with Gasteiger partial charge < -0.3 is 15.5 Å². The van der Waals surface area contributed by atoms with E-state index in [4.69, 9.17) is 0 Å². The van der Waals surface area contributed by atoms with Crippen LogP contribution in [0.15, 0.2) is 36.4 Å². The molecule has 0 fully saturated rings. The SMILES string of the molecule is Cc1cccc(C)c1NC(=O)C[NH+](CC(=O)Nc1c(C)cccc1C)C[C@H](C)C#N. The first-order valence-electron chi connectivity index (χ1n) is 10.2. The molecule has 0 heterocycles. The predicted octanol–water partition coefficient (Wildman–Crippen LogP) is 2.54. The van der Waals surface area contributed by atoms with E-state index >= 15 is 0 Å². The molecule has 2 aromatic rings. The number of hydrogen-bond donors (Lipinski definition) is 3. The molecule has 2 amide bonds. The topological polar surface area (TPSA) is 86.4 Å². The van der Waals surface area contributed by atoms with Crippen molar-refractivity contribution in [3.63, 3.8) is 0 Å². The molecule has 6 nitrogen and oxygen atoms in total. The maximum Gasteiger partial charge on any atom is 0.279 e. The highest BCUT2D eigenvalue weighted by Crippen LogP contribution is 2.19. The number of para-hydroxylation sites is 2. The van der Waals surface area contributed by atoms with Gasteiger partial charge in [0.05, 0.1) is 18.5 Å². The first kappa shape index (κ1) is 23.1. The molecule has 0 spiro atoms. The van der Waals surface area contributed by atoms with Gasteiger partial charge in [-0.3, -0.25) is 9.59 Å². The highest BCUT2D eigenvalue weighted by molar-refractivity contribution is 5.94. The van der Waals surface area contributed by atoms with Crippen LogP contribution >= 0.6 is 0 Å². The van der Waals surface area contributed by atoms with Gasteiger partial charge in [0.2, 0.25) is 0 Å². The van der Waals surface area contributed by atoms with Crippen LogP contribution in [0, 0.1) is 44.9 Å². The number of benzene rings is 2. The van der Waals surface area contributed by atoms with Gasteiger partial charge in [-0.15, -0.1) is 0 Å². The molecule has 0 radical (unpaired) electrons. The van der Waals surface area contributed by atoms with Gasteiger partial charge in [0.15, 0.2) is 13.1 Å². The zero-order valence-corrected chi connectivity index (χ0v) is 18.4. The van der Waals surface area contributed by atoms with Crippen LogP contribution < -0.4 is 15.5 Å². The largest absolute Gasteiger partial charge is 0.321 e. The molecule has 0 saturated carbocycles. The summed E-state index contributed by atoms with van der Waals surface area (Å²) in [5, 5.41) is 15.1. The fourth-order valence-electron chi connectivity index (χ4n) is 3.53. The Balaban J connectivity index is 2.09. The molecule has 0 aromatic heterocycles. The Morgan fingerprint density at radius 3 is 1.57 bits per heavy atom. The molecule has 2 aromatic carbocycles. The number of nitriles is 1. The number of quaternary nitrogens is 1. The average molecular weight is 408 g/mol. The summed E-state index contributed by atoms with van der Waals surface area (Å²) in [4.78, 5) is 26.1. The first-order valence-corrected chi connectivity index (χ1v) is 10.2. The van der Waals surface area contributed by atoms with Gasteiger partial charge in [0, 0.05) is 11.4 Å². The number of aryl methyl sites for hydroxylation is 4. The van der Waals surface area contributed by atoms with E-state index in [9.17, 15) is 14.9 Å². The van der Waals surface area contributed by atoms with E-state index in [0.29, 0.717) is 6.54 Å². The van der Waals surface area contributed by atoms with Crippen molar-refractivity contribution >= 4 is 23.2 Å². The van der Waals surface area contributed by atoms with Crippen LogP contribution in [-0.4, -0.2) is 31.4 Å². The third-order valence-corrected chi connectivity index (χ3v) is 5.13. The van der Waals surface area contributed by atoms with E-state index in [1.807, 2.05) is 64.1 Å². The highest BCUT2D eigenvalue weighted by atomic mass is 16.2. The highest BCUT2D eigenvalue weighted by Gasteiger charge is 2.22. The van der Waals surface area contributed by atoms with Crippen molar-refractivity contribution in [3.8, 4) is 6.07 Å². The molecule has 6 heteroatoms. The molecule has 2 rings (SSSR count). The van der Waals surface area contributed by atoms with Crippen molar-refractivity contribution in [2.24, 2.45) is 5.92 Å². The number of nitrogens with one attached hydrogen (secondary N) is 3. The van der Waals surface area contributed by atoms with Crippen molar-refractivity contribution in [3.05, 3.63) is 58.7 Å². The van der Waals surface area contributed by atoms with E-state index < -0.39 is 0 Å². The van der Waals surface area contributed by atoms with Crippen molar-refractivity contribution in [1.82, 2.24) is 0 Å². The summed E-state index contributed by atoms with van der Waals surface area (Å²) in [6, 6.07) is 13.9. The molecule has 3 N–H and O–H groups in total. The monoisotopic (exact) mass is 407 g/mol. The average Bonchev–Trinajstić information content (AvgIpc) is 2.67. The van der Waals surface area contributed by atoms with E-state index in [1.165, 1.54) is 0 Å². The first-order chi connectivity index (χ1) is 14.2. The van der Waals surface area contributed by atoms with Gasteiger partial charge in [0.25, 0.3) is 11.8 Å². The smallest absolute Gasteiger partial charge is 0.279 e. The Bertz CT molecular complexity index is 854. The molecule has 0 aliphatic rings. The third-order valence-electron chi connectivity index (χ3n) is 5.13. The second-order valence-electron chi connectivity index (χ2n) is 7.97. The maximum absolute atomic E-state index is 12.7. The summed E-state index contributed by atoms with van der Waals surface area (Å²) in [6.07, 6.45) is 0. The van der Waals surface area contributed by atoms with Crippen LogP contribution in [-0.2, 0) is 9.59 Å². The van der Waals surface area contributed by atoms with Crippen LogP contribution in [0.2, 0.25) is 0 Å². The number of rotatable bonds is 8. The van der Waals surface area contributed by atoms with E-state index in [0.717, 1.165) is 38.5 Å². The molecule has 0 saturated heterocycles. The number of nitrogens with zero attached hydrogens (tertiary/aromatic N) is 1. The zero-order valence-electron chi connectivity index (χ0n) is 18.4. The fourth-order valence-corrected chi connectivity index (χ4v) is 3.53. The summed E-state index contributed by atoms with van der Waals surface area (Å²) >= 11 is 0. The maximum atomic E-state index is 12.7. The fraction of sp³-hybridized carbons (Fsp3) is 0.375. The van der Waals surface area contributed by atoms with Crippen LogP contribution in [0.4, 0.5) is 11.4 Å².